The first-order valence-electron chi connectivity index (χ1n) is 12.5. The quantitative estimate of drug-likeness (QED) is 0.478. The van der Waals surface area contributed by atoms with Gasteiger partial charge in [0.1, 0.15) is 27.1 Å². The number of hydrogen-bond donors (Lipinski definition) is 2. The number of nitrogens with zero attached hydrogens (tertiary/aromatic N) is 3. The number of aromatic nitrogens is 4. The van der Waals surface area contributed by atoms with Crippen molar-refractivity contribution < 1.29 is 23.8 Å². The largest absolute Gasteiger partial charge is 0.374 e. The van der Waals surface area contributed by atoms with E-state index in [0.717, 1.165) is 0 Å². The van der Waals surface area contributed by atoms with Crippen LogP contribution in [0.25, 0.3) is 11.2 Å². The van der Waals surface area contributed by atoms with Gasteiger partial charge in [-0.15, -0.1) is 0 Å². The van der Waals surface area contributed by atoms with Gasteiger partial charge in [0, 0.05) is 5.56 Å². The van der Waals surface area contributed by atoms with E-state index in [2.05, 4.69) is 20.3 Å². The Morgan fingerprint density at radius 1 is 1.03 bits per heavy atom. The molecule has 2 bridgehead atoms. The molecule has 5 heterocycles. The molecule has 38 heavy (non-hydrogen) atoms. The number of nitrogens with one attached hydrogen (secondary N) is 2. The summed E-state index contributed by atoms with van der Waals surface area (Å²) in [6.45, 7) is 11.7. The highest BCUT2D eigenvalue weighted by Gasteiger charge is 2.73. The second-order valence-corrected chi connectivity index (χ2v) is 13.4. The van der Waals surface area contributed by atoms with Gasteiger partial charge in [-0.25, -0.2) is 4.98 Å². The molecule has 2 N–H and O–H groups in total. The summed E-state index contributed by atoms with van der Waals surface area (Å²) in [7, 11) is 0.220. The van der Waals surface area contributed by atoms with Crippen LogP contribution in [0.2, 0.25) is 0 Å². The van der Waals surface area contributed by atoms with Crippen molar-refractivity contribution in [3.8, 4) is 0 Å². The van der Waals surface area contributed by atoms with Gasteiger partial charge in [0.2, 0.25) is 5.95 Å². The number of aromatic amines is 1. The van der Waals surface area contributed by atoms with Crippen molar-refractivity contribution in [3.63, 3.8) is 0 Å². The summed E-state index contributed by atoms with van der Waals surface area (Å²) in [4.78, 5) is 51.9. The molecule has 6 rings (SSSR count). The molecule has 3 aromatic rings. The van der Waals surface area contributed by atoms with Gasteiger partial charge in [0.25, 0.3) is 11.5 Å². The summed E-state index contributed by atoms with van der Waals surface area (Å²) in [5.41, 5.74) is -1.19. The van der Waals surface area contributed by atoms with Crippen LogP contribution < -0.4 is 10.9 Å². The number of hydrogen-bond acceptors (Lipinski definition) is 8. The molecule has 2 aromatic heterocycles. The van der Waals surface area contributed by atoms with Crippen molar-refractivity contribution in [1.29, 1.82) is 0 Å². The molecule has 1 spiro atoms. The van der Waals surface area contributed by atoms with Gasteiger partial charge in [0.15, 0.2) is 16.9 Å². The third-order valence-electron chi connectivity index (χ3n) is 6.66. The number of imidazole rings is 1. The summed E-state index contributed by atoms with van der Waals surface area (Å²) in [6.07, 6.45) is -0.142. The summed E-state index contributed by atoms with van der Waals surface area (Å²) < 4.78 is 21.3. The number of ketones is 1. The molecule has 3 aliphatic heterocycles. The third-order valence-corrected chi connectivity index (χ3v) is 8.28. The number of carbonyl (C=O) groups excluding carboxylic acids is 2. The molecule has 198 valence electrons. The second kappa shape index (κ2) is 8.15. The highest BCUT2D eigenvalue weighted by atomic mass is 28.2. The number of rotatable bonds is 2. The first-order valence-corrected chi connectivity index (χ1v) is 13.6. The Kier molecular flexibility index (Phi) is 5.39. The molecule has 0 aliphatic carbocycles. The summed E-state index contributed by atoms with van der Waals surface area (Å²) >= 11 is 0. The van der Waals surface area contributed by atoms with Crippen LogP contribution in [0.3, 0.4) is 0 Å². The van der Waals surface area contributed by atoms with E-state index in [1.54, 1.807) is 28.8 Å². The van der Waals surface area contributed by atoms with E-state index >= 15 is 0 Å². The molecule has 2 fully saturated rings. The van der Waals surface area contributed by atoms with Gasteiger partial charge in [-0.3, -0.25) is 29.3 Å². The van der Waals surface area contributed by atoms with E-state index in [-0.39, 0.29) is 49.3 Å². The minimum Gasteiger partial charge on any atom is -0.374 e. The van der Waals surface area contributed by atoms with E-state index in [4.69, 9.17) is 14.2 Å². The maximum atomic E-state index is 14.4. The van der Waals surface area contributed by atoms with Gasteiger partial charge in [0.05, 0.1) is 34.7 Å². The predicted molar refractivity (Wildman–Crippen MR) is 138 cm³/mol. The number of Topliss-reactive ketones (excluding diaryl/α,β-unsaturated/α-hetero) is 1. The molecule has 1 amide bonds. The fourth-order valence-corrected chi connectivity index (χ4v) is 6.80. The fourth-order valence-electron chi connectivity index (χ4n) is 5.18. The SMILES string of the molecule is CC(C)(C)OC1[Si][C@@]12O[C@@H]1[C@H](C(=O)c3ccccc3C(=O)Nc3nc4c(ncn41)c(=O)[nH]3)[C@@H]2OC(C)(C)C. The Bertz CT molecular complexity index is 1540. The van der Waals surface area contributed by atoms with Crippen LogP contribution >= 0.6 is 0 Å². The highest BCUT2D eigenvalue weighted by Crippen LogP contribution is 2.55. The summed E-state index contributed by atoms with van der Waals surface area (Å²) in [5, 5.41) is 1.74. The van der Waals surface area contributed by atoms with Gasteiger partial charge in [-0.2, -0.15) is 4.98 Å². The average molecular weight is 536 g/mol. The fraction of sp³-hybridized carbons (Fsp3) is 0.500. The van der Waals surface area contributed by atoms with Crippen LogP contribution in [0, 0.1) is 5.92 Å². The second-order valence-electron chi connectivity index (χ2n) is 11.8. The minimum atomic E-state index is -0.899. The number of carbonyl (C=O) groups is 2. The summed E-state index contributed by atoms with van der Waals surface area (Å²) in [6, 6.07) is 6.59. The standard InChI is InChI=1S/C26H29N5O6Si/c1-24(2,3)35-17-14-16(32)12-9-7-8-10-13(12)19(33)29-23-28-18-15(20(34)30-23)27-11-31(18)21(14)36-26(17)22(38-26)37-25(4,5)6/h7-11,14,17,21-22H,1-6H3,(H2,28,29,30,33,34)/t14-,17+,21-,22?,26-/m1/s1. The highest BCUT2D eigenvalue weighted by molar-refractivity contribution is 6.56. The number of amides is 1. The van der Waals surface area contributed by atoms with Gasteiger partial charge in [-0.05, 0) is 47.6 Å². The average Bonchev–Trinajstić information content (AvgIpc) is 3.15. The lowest BCUT2D eigenvalue weighted by Crippen LogP contribution is -2.44. The first kappa shape index (κ1) is 25.1. The van der Waals surface area contributed by atoms with E-state index in [1.165, 1.54) is 6.33 Å². The zero-order chi connectivity index (χ0) is 27.2. The van der Waals surface area contributed by atoms with Crippen molar-refractivity contribution in [2.45, 2.75) is 76.0 Å². The van der Waals surface area contributed by atoms with Gasteiger partial charge < -0.3 is 14.2 Å². The van der Waals surface area contributed by atoms with Crippen molar-refractivity contribution in [2.24, 2.45) is 5.92 Å². The number of anilines is 1. The van der Waals surface area contributed by atoms with Crippen molar-refractivity contribution in [1.82, 2.24) is 19.5 Å². The Hall–Kier alpha value is -3.19. The molecular weight excluding hydrogens is 506 g/mol. The Morgan fingerprint density at radius 3 is 2.39 bits per heavy atom. The third kappa shape index (κ3) is 4.03. The number of benzene rings is 1. The smallest absolute Gasteiger partial charge is 0.280 e. The van der Waals surface area contributed by atoms with Crippen LogP contribution in [-0.4, -0.2) is 69.0 Å². The number of H-pyrrole nitrogens is 1. The maximum Gasteiger partial charge on any atom is 0.280 e. The molecule has 2 saturated heterocycles. The van der Waals surface area contributed by atoms with E-state index in [1.807, 2.05) is 41.5 Å². The van der Waals surface area contributed by atoms with Crippen molar-refractivity contribution in [3.05, 3.63) is 52.1 Å². The zero-order valence-electron chi connectivity index (χ0n) is 22.0. The van der Waals surface area contributed by atoms with E-state index < -0.39 is 46.1 Å². The molecule has 1 unspecified atom stereocenters. The van der Waals surface area contributed by atoms with Gasteiger partial charge in [-0.1, -0.05) is 18.2 Å². The van der Waals surface area contributed by atoms with E-state index in [0.29, 0.717) is 0 Å². The Balaban J connectivity index is 1.59. The number of fused-ring (bicyclic) bond motifs is 4. The molecule has 5 atom stereocenters. The van der Waals surface area contributed by atoms with Crippen LogP contribution in [-0.2, 0) is 14.2 Å². The molecule has 11 nitrogen and oxygen atoms in total. The van der Waals surface area contributed by atoms with Crippen LogP contribution in [0.1, 0.15) is 68.5 Å². The lowest BCUT2D eigenvalue weighted by atomic mass is 9.87. The molecule has 1 aromatic carbocycles. The molecule has 3 aliphatic rings. The van der Waals surface area contributed by atoms with Crippen LogP contribution in [0.15, 0.2) is 35.4 Å². The van der Waals surface area contributed by atoms with E-state index in [9.17, 15) is 14.4 Å². The predicted octanol–water partition coefficient (Wildman–Crippen LogP) is 2.45. The number of ether oxygens (including phenoxy) is 3. The molecule has 12 heteroatoms. The molecule has 0 saturated carbocycles. The molecular formula is C26H29N5O6Si. The van der Waals surface area contributed by atoms with Gasteiger partial charge >= 0.3 is 0 Å². The Morgan fingerprint density at radius 2 is 1.71 bits per heavy atom. The lowest BCUT2D eigenvalue weighted by Gasteiger charge is -2.32. The normalized spacial score (nSPS) is 28.8. The molecule has 2 radical (unpaired) electrons. The van der Waals surface area contributed by atoms with Crippen molar-refractivity contribution >= 4 is 38.3 Å². The monoisotopic (exact) mass is 535 g/mol. The van der Waals surface area contributed by atoms with Crippen LogP contribution in [0.4, 0.5) is 5.95 Å². The minimum absolute atomic E-state index is 0.0487. The summed E-state index contributed by atoms with van der Waals surface area (Å²) in [5.74, 6) is -1.79. The maximum absolute atomic E-state index is 14.4. The van der Waals surface area contributed by atoms with Crippen LogP contribution in [0.5, 0.6) is 0 Å². The topological polar surface area (TPSA) is 137 Å². The zero-order valence-corrected chi connectivity index (χ0v) is 23.0. The lowest BCUT2D eigenvalue weighted by molar-refractivity contribution is -0.136. The Labute approximate surface area is 221 Å². The first-order chi connectivity index (χ1) is 17.8. The van der Waals surface area contributed by atoms with Crippen molar-refractivity contribution in [2.75, 3.05) is 5.32 Å².